The van der Waals surface area contributed by atoms with Crippen LogP contribution >= 0.6 is 27.5 Å². The van der Waals surface area contributed by atoms with E-state index in [1.165, 1.54) is 10.9 Å². The summed E-state index contributed by atoms with van der Waals surface area (Å²) in [6.45, 7) is 2.04. The van der Waals surface area contributed by atoms with Crippen molar-refractivity contribution in [3.8, 4) is 0 Å². The molecule has 66 valence electrons. The zero-order valence-corrected chi connectivity index (χ0v) is 9.48. The van der Waals surface area contributed by atoms with Crippen LogP contribution < -0.4 is 0 Å². The van der Waals surface area contributed by atoms with Crippen LogP contribution in [0, 0.1) is 6.92 Å². The Labute approximate surface area is 90.6 Å². The normalized spacial score (nSPS) is 10.7. The standard InChI is InChI=1S/C11H8BrCl/c1-7-6-10(13)8-4-2-3-5-9(8)11(7)12/h2-6H,1H3. The third kappa shape index (κ3) is 1.47. The second-order valence-corrected chi connectivity index (χ2v) is 4.24. The molecule has 0 aliphatic carbocycles. The summed E-state index contributed by atoms with van der Waals surface area (Å²) in [5.41, 5.74) is 1.17. The first-order valence-corrected chi connectivity index (χ1v) is 5.20. The minimum atomic E-state index is 0.816. The van der Waals surface area contributed by atoms with E-state index in [-0.39, 0.29) is 0 Å². The van der Waals surface area contributed by atoms with Gasteiger partial charge in [0.25, 0.3) is 0 Å². The van der Waals surface area contributed by atoms with E-state index in [4.69, 9.17) is 11.6 Å². The highest BCUT2D eigenvalue weighted by Gasteiger charge is 2.04. The van der Waals surface area contributed by atoms with Gasteiger partial charge >= 0.3 is 0 Å². The van der Waals surface area contributed by atoms with Gasteiger partial charge in [-0.1, -0.05) is 35.9 Å². The number of halogens is 2. The molecule has 2 aromatic carbocycles. The van der Waals surface area contributed by atoms with Crippen LogP contribution in [-0.2, 0) is 0 Å². The Morgan fingerprint density at radius 2 is 1.77 bits per heavy atom. The summed E-state index contributed by atoms with van der Waals surface area (Å²) in [7, 11) is 0. The minimum Gasteiger partial charge on any atom is -0.0837 e. The fourth-order valence-corrected chi connectivity index (χ4v) is 2.22. The van der Waals surface area contributed by atoms with E-state index in [2.05, 4.69) is 22.0 Å². The van der Waals surface area contributed by atoms with Gasteiger partial charge in [0.2, 0.25) is 0 Å². The van der Waals surface area contributed by atoms with Crippen LogP contribution in [0.3, 0.4) is 0 Å². The maximum absolute atomic E-state index is 6.11. The van der Waals surface area contributed by atoms with Gasteiger partial charge in [-0.05, 0) is 39.9 Å². The molecular weight excluding hydrogens is 247 g/mol. The van der Waals surface area contributed by atoms with E-state index in [1.807, 2.05) is 31.2 Å². The maximum Gasteiger partial charge on any atom is 0.0487 e. The summed E-state index contributed by atoms with van der Waals surface area (Å²) in [4.78, 5) is 0. The molecule has 0 amide bonds. The van der Waals surface area contributed by atoms with Crippen molar-refractivity contribution in [2.45, 2.75) is 6.92 Å². The first-order valence-electron chi connectivity index (χ1n) is 4.03. The van der Waals surface area contributed by atoms with Gasteiger partial charge in [0, 0.05) is 14.9 Å². The molecule has 0 heterocycles. The highest BCUT2D eigenvalue weighted by molar-refractivity contribution is 9.10. The van der Waals surface area contributed by atoms with Crippen molar-refractivity contribution in [3.05, 3.63) is 45.4 Å². The van der Waals surface area contributed by atoms with E-state index in [1.54, 1.807) is 0 Å². The van der Waals surface area contributed by atoms with E-state index >= 15 is 0 Å². The maximum atomic E-state index is 6.11. The lowest BCUT2D eigenvalue weighted by atomic mass is 10.1. The summed E-state index contributed by atoms with van der Waals surface area (Å²) in [6, 6.07) is 10.1. The highest BCUT2D eigenvalue weighted by Crippen LogP contribution is 2.32. The van der Waals surface area contributed by atoms with Crippen LogP contribution in [0.15, 0.2) is 34.8 Å². The number of benzene rings is 2. The first-order chi connectivity index (χ1) is 6.20. The Hall–Kier alpha value is -0.530. The number of rotatable bonds is 0. The molecule has 2 rings (SSSR count). The molecule has 0 aliphatic heterocycles. The zero-order chi connectivity index (χ0) is 9.42. The summed E-state index contributed by atoms with van der Waals surface area (Å²) >= 11 is 9.67. The van der Waals surface area contributed by atoms with Crippen LogP contribution in [0.25, 0.3) is 10.8 Å². The highest BCUT2D eigenvalue weighted by atomic mass is 79.9. The molecule has 0 saturated heterocycles. The summed E-state index contributed by atoms with van der Waals surface area (Å²) in [5, 5.41) is 3.09. The van der Waals surface area contributed by atoms with Crippen LogP contribution in [0.4, 0.5) is 0 Å². The van der Waals surface area contributed by atoms with Crippen molar-refractivity contribution in [2.75, 3.05) is 0 Å². The van der Waals surface area contributed by atoms with Crippen LogP contribution in [-0.4, -0.2) is 0 Å². The Balaban J connectivity index is 2.97. The molecule has 0 bridgehead atoms. The first kappa shape index (κ1) is 9.04. The van der Waals surface area contributed by atoms with E-state index in [0.29, 0.717) is 0 Å². The Bertz CT molecular complexity index is 463. The van der Waals surface area contributed by atoms with E-state index < -0.39 is 0 Å². The van der Waals surface area contributed by atoms with Crippen molar-refractivity contribution in [3.63, 3.8) is 0 Å². The summed E-state index contributed by atoms with van der Waals surface area (Å²) in [5.74, 6) is 0. The molecule has 0 fully saturated rings. The van der Waals surface area contributed by atoms with Crippen LogP contribution in [0.1, 0.15) is 5.56 Å². The third-order valence-electron chi connectivity index (χ3n) is 2.11. The predicted octanol–water partition coefficient (Wildman–Crippen LogP) is 4.56. The predicted molar refractivity (Wildman–Crippen MR) is 61.4 cm³/mol. The SMILES string of the molecule is Cc1cc(Cl)c2ccccc2c1Br. The van der Waals surface area contributed by atoms with Gasteiger partial charge in [-0.2, -0.15) is 0 Å². The number of hydrogen-bond acceptors (Lipinski definition) is 0. The Morgan fingerprint density at radius 1 is 1.15 bits per heavy atom. The van der Waals surface area contributed by atoms with Gasteiger partial charge < -0.3 is 0 Å². The van der Waals surface area contributed by atoms with Crippen molar-refractivity contribution in [2.24, 2.45) is 0 Å². The Kier molecular flexibility index (Phi) is 2.31. The molecule has 0 N–H and O–H groups in total. The molecule has 0 radical (unpaired) electrons. The van der Waals surface area contributed by atoms with Gasteiger partial charge in [0.05, 0.1) is 0 Å². The molecule has 13 heavy (non-hydrogen) atoms. The van der Waals surface area contributed by atoms with Gasteiger partial charge in [0.1, 0.15) is 0 Å². The van der Waals surface area contributed by atoms with Crippen molar-refractivity contribution in [1.82, 2.24) is 0 Å². The monoisotopic (exact) mass is 254 g/mol. The fraction of sp³-hybridized carbons (Fsp3) is 0.0909. The lowest BCUT2D eigenvalue weighted by Crippen LogP contribution is -1.80. The quantitative estimate of drug-likeness (QED) is 0.647. The van der Waals surface area contributed by atoms with Gasteiger partial charge in [-0.25, -0.2) is 0 Å². The topological polar surface area (TPSA) is 0 Å². The molecule has 0 aromatic heterocycles. The van der Waals surface area contributed by atoms with Crippen molar-refractivity contribution >= 4 is 38.3 Å². The molecule has 2 heteroatoms. The average molecular weight is 256 g/mol. The lowest BCUT2D eigenvalue weighted by Gasteiger charge is -2.05. The van der Waals surface area contributed by atoms with Gasteiger partial charge in [0.15, 0.2) is 0 Å². The molecule has 0 aliphatic rings. The molecule has 0 unspecified atom stereocenters. The van der Waals surface area contributed by atoms with Crippen LogP contribution in [0.5, 0.6) is 0 Å². The lowest BCUT2D eigenvalue weighted by molar-refractivity contribution is 1.47. The van der Waals surface area contributed by atoms with Crippen molar-refractivity contribution in [1.29, 1.82) is 0 Å². The number of aryl methyl sites for hydroxylation is 1. The molecule has 0 spiro atoms. The molecule has 0 saturated carbocycles. The minimum absolute atomic E-state index is 0.816. The largest absolute Gasteiger partial charge is 0.0837 e. The summed E-state index contributed by atoms with van der Waals surface area (Å²) < 4.78 is 1.13. The molecule has 0 nitrogen and oxygen atoms in total. The Morgan fingerprint density at radius 3 is 2.46 bits per heavy atom. The second kappa shape index (κ2) is 3.32. The second-order valence-electron chi connectivity index (χ2n) is 3.03. The molecule has 0 atom stereocenters. The third-order valence-corrected chi connectivity index (χ3v) is 3.48. The van der Waals surface area contributed by atoms with Gasteiger partial charge in [-0.3, -0.25) is 0 Å². The molecule has 2 aromatic rings. The fourth-order valence-electron chi connectivity index (χ4n) is 1.43. The van der Waals surface area contributed by atoms with E-state index in [9.17, 15) is 0 Å². The smallest absolute Gasteiger partial charge is 0.0487 e. The molecular formula is C11H8BrCl. The van der Waals surface area contributed by atoms with E-state index in [0.717, 1.165) is 14.9 Å². The number of hydrogen-bond donors (Lipinski definition) is 0. The summed E-state index contributed by atoms with van der Waals surface area (Å²) in [6.07, 6.45) is 0. The van der Waals surface area contributed by atoms with Crippen molar-refractivity contribution < 1.29 is 0 Å². The van der Waals surface area contributed by atoms with Crippen LogP contribution in [0.2, 0.25) is 5.02 Å². The average Bonchev–Trinajstić information content (AvgIpc) is 2.15. The zero-order valence-electron chi connectivity index (χ0n) is 7.14. The number of fused-ring (bicyclic) bond motifs is 1. The van der Waals surface area contributed by atoms with Gasteiger partial charge in [-0.15, -0.1) is 0 Å².